The van der Waals surface area contributed by atoms with Crippen LogP contribution in [0.25, 0.3) is 0 Å². The molecule has 3 nitrogen and oxygen atoms in total. The van der Waals surface area contributed by atoms with E-state index < -0.39 is 5.41 Å². The summed E-state index contributed by atoms with van der Waals surface area (Å²) in [6.45, 7) is 5.52. The fourth-order valence-electron chi connectivity index (χ4n) is 2.33. The summed E-state index contributed by atoms with van der Waals surface area (Å²) in [5, 5.41) is 0. The second kappa shape index (κ2) is 4.40. The second-order valence-electron chi connectivity index (χ2n) is 5.40. The number of carbonyl (C=O) groups is 1. The van der Waals surface area contributed by atoms with Gasteiger partial charge in [-0.2, -0.15) is 0 Å². The molecule has 1 heterocycles. The highest BCUT2D eigenvalue weighted by Crippen LogP contribution is 2.29. The Balaban J connectivity index is 2.22. The van der Waals surface area contributed by atoms with Crippen molar-refractivity contribution < 1.29 is 4.79 Å². The first-order valence-corrected chi connectivity index (χ1v) is 6.13. The first kappa shape index (κ1) is 12.0. The topological polar surface area (TPSA) is 46.3 Å². The molecule has 3 heteroatoms. The minimum absolute atomic E-state index is 0.236. The number of primary amides is 1. The van der Waals surface area contributed by atoms with Crippen molar-refractivity contribution in [2.24, 2.45) is 11.1 Å². The molecule has 0 aromatic heterocycles. The number of carbonyl (C=O) groups excluding carboxylic acids is 1. The Bertz CT molecular complexity index is 426. The van der Waals surface area contributed by atoms with Crippen LogP contribution < -0.4 is 10.6 Å². The molecule has 0 spiro atoms. The lowest BCUT2D eigenvalue weighted by molar-refractivity contribution is -0.125. The van der Waals surface area contributed by atoms with Crippen molar-refractivity contribution in [2.45, 2.75) is 26.7 Å². The first-order valence-electron chi connectivity index (χ1n) is 6.13. The van der Waals surface area contributed by atoms with Gasteiger partial charge in [-0.15, -0.1) is 0 Å². The lowest BCUT2D eigenvalue weighted by Crippen LogP contribution is -2.44. The summed E-state index contributed by atoms with van der Waals surface area (Å²) in [5.74, 6) is -0.236. The zero-order valence-electron chi connectivity index (χ0n) is 10.6. The third-order valence-corrected chi connectivity index (χ3v) is 3.46. The zero-order chi connectivity index (χ0) is 12.5. The number of nitrogens with zero attached hydrogens (tertiary/aromatic N) is 1. The third-order valence-electron chi connectivity index (χ3n) is 3.46. The maximum absolute atomic E-state index is 11.4. The van der Waals surface area contributed by atoms with Crippen LogP contribution in [0.4, 0.5) is 5.69 Å². The van der Waals surface area contributed by atoms with Crippen LogP contribution in [0.5, 0.6) is 0 Å². The molecule has 1 aromatic carbocycles. The molecule has 2 rings (SSSR count). The number of aryl methyl sites for hydroxylation is 1. The molecule has 0 saturated carbocycles. The number of hydrogen-bond donors (Lipinski definition) is 1. The van der Waals surface area contributed by atoms with Crippen molar-refractivity contribution in [2.75, 3.05) is 18.0 Å². The minimum atomic E-state index is -0.482. The predicted molar refractivity (Wildman–Crippen MR) is 70.0 cm³/mol. The molecule has 0 atom stereocenters. The summed E-state index contributed by atoms with van der Waals surface area (Å²) in [7, 11) is 0. The molecule has 0 bridgehead atoms. The van der Waals surface area contributed by atoms with E-state index in [-0.39, 0.29) is 5.91 Å². The number of nitrogens with two attached hydrogens (primary N) is 1. The molecule has 0 radical (unpaired) electrons. The van der Waals surface area contributed by atoms with Crippen molar-refractivity contribution in [3.63, 3.8) is 0 Å². The monoisotopic (exact) mass is 232 g/mol. The van der Waals surface area contributed by atoms with Crippen molar-refractivity contribution in [1.82, 2.24) is 0 Å². The van der Waals surface area contributed by atoms with Gasteiger partial charge in [0.15, 0.2) is 0 Å². The Labute approximate surface area is 103 Å². The second-order valence-corrected chi connectivity index (χ2v) is 5.40. The molecule has 92 valence electrons. The van der Waals surface area contributed by atoms with Gasteiger partial charge in [0.05, 0.1) is 5.41 Å². The van der Waals surface area contributed by atoms with Crippen molar-refractivity contribution in [3.8, 4) is 0 Å². The van der Waals surface area contributed by atoms with Crippen molar-refractivity contribution in [3.05, 3.63) is 29.8 Å². The Hall–Kier alpha value is -1.51. The molecular weight excluding hydrogens is 212 g/mol. The smallest absolute Gasteiger partial charge is 0.224 e. The molecule has 0 aliphatic carbocycles. The highest BCUT2D eigenvalue weighted by atomic mass is 16.1. The molecule has 1 amide bonds. The van der Waals surface area contributed by atoms with Crippen LogP contribution in [0.15, 0.2) is 24.3 Å². The van der Waals surface area contributed by atoms with Gasteiger partial charge < -0.3 is 10.6 Å². The quantitative estimate of drug-likeness (QED) is 0.865. The van der Waals surface area contributed by atoms with E-state index in [2.05, 4.69) is 29.2 Å². The number of anilines is 1. The van der Waals surface area contributed by atoms with Gasteiger partial charge in [0.25, 0.3) is 0 Å². The van der Waals surface area contributed by atoms with Gasteiger partial charge in [-0.3, -0.25) is 4.79 Å². The van der Waals surface area contributed by atoms with Crippen LogP contribution in [0, 0.1) is 5.41 Å². The summed E-state index contributed by atoms with van der Waals surface area (Å²) >= 11 is 0. The fraction of sp³-hybridized carbons (Fsp3) is 0.500. The van der Waals surface area contributed by atoms with Gasteiger partial charge >= 0.3 is 0 Å². The normalized spacial score (nSPS) is 15.5. The number of benzene rings is 1. The van der Waals surface area contributed by atoms with E-state index in [0.29, 0.717) is 6.54 Å². The maximum atomic E-state index is 11.4. The molecule has 17 heavy (non-hydrogen) atoms. The lowest BCUT2D eigenvalue weighted by Gasteiger charge is -2.36. The van der Waals surface area contributed by atoms with E-state index in [0.717, 1.165) is 19.4 Å². The molecular formula is C14H20N2O. The maximum Gasteiger partial charge on any atom is 0.224 e. The molecule has 2 N–H and O–H groups in total. The standard InChI is InChI=1S/C14H20N2O/c1-14(2,13(15)17)10-16-9-5-7-11-6-3-4-8-12(11)16/h3-4,6,8H,5,7,9-10H2,1-2H3,(H2,15,17). The summed E-state index contributed by atoms with van der Waals surface area (Å²) in [4.78, 5) is 13.7. The highest BCUT2D eigenvalue weighted by Gasteiger charge is 2.29. The van der Waals surface area contributed by atoms with Crippen LogP contribution >= 0.6 is 0 Å². The Morgan fingerprint density at radius 2 is 2.12 bits per heavy atom. The van der Waals surface area contributed by atoms with Gasteiger partial charge in [-0.05, 0) is 38.3 Å². The van der Waals surface area contributed by atoms with Gasteiger partial charge in [-0.1, -0.05) is 18.2 Å². The molecule has 1 aliphatic rings. The van der Waals surface area contributed by atoms with E-state index in [1.54, 1.807) is 0 Å². The van der Waals surface area contributed by atoms with Crippen molar-refractivity contribution >= 4 is 11.6 Å². The Kier molecular flexibility index (Phi) is 3.09. The Morgan fingerprint density at radius 1 is 1.41 bits per heavy atom. The summed E-state index contributed by atoms with van der Waals surface area (Å²) < 4.78 is 0. The third kappa shape index (κ3) is 2.43. The fourth-order valence-corrected chi connectivity index (χ4v) is 2.33. The molecule has 1 aromatic rings. The SMILES string of the molecule is CC(C)(CN1CCCc2ccccc21)C(N)=O. The number of para-hydroxylation sites is 1. The van der Waals surface area contributed by atoms with Gasteiger partial charge in [0.2, 0.25) is 5.91 Å². The molecule has 0 fully saturated rings. The van der Waals surface area contributed by atoms with E-state index in [1.807, 2.05) is 13.8 Å². The lowest BCUT2D eigenvalue weighted by atomic mass is 9.90. The van der Waals surface area contributed by atoms with E-state index >= 15 is 0 Å². The zero-order valence-corrected chi connectivity index (χ0v) is 10.6. The largest absolute Gasteiger partial charge is 0.370 e. The number of fused-ring (bicyclic) bond motifs is 1. The average Bonchev–Trinajstić information content (AvgIpc) is 2.29. The van der Waals surface area contributed by atoms with Crippen LogP contribution in [0.3, 0.4) is 0 Å². The average molecular weight is 232 g/mol. The molecule has 1 aliphatic heterocycles. The van der Waals surface area contributed by atoms with E-state index in [4.69, 9.17) is 5.73 Å². The minimum Gasteiger partial charge on any atom is -0.370 e. The molecule has 0 unspecified atom stereocenters. The predicted octanol–water partition coefficient (Wildman–Crippen LogP) is 1.95. The van der Waals surface area contributed by atoms with Gasteiger partial charge in [0, 0.05) is 18.8 Å². The van der Waals surface area contributed by atoms with Crippen LogP contribution in [-0.2, 0) is 11.2 Å². The number of hydrogen-bond acceptors (Lipinski definition) is 2. The Morgan fingerprint density at radius 3 is 2.82 bits per heavy atom. The van der Waals surface area contributed by atoms with Gasteiger partial charge in [-0.25, -0.2) is 0 Å². The van der Waals surface area contributed by atoms with Crippen LogP contribution in [0.2, 0.25) is 0 Å². The number of amides is 1. The first-order chi connectivity index (χ1) is 8.00. The summed E-state index contributed by atoms with van der Waals surface area (Å²) in [5.41, 5.74) is 7.59. The molecule has 0 saturated heterocycles. The van der Waals surface area contributed by atoms with Crippen LogP contribution in [0.1, 0.15) is 25.8 Å². The summed E-state index contributed by atoms with van der Waals surface area (Å²) in [6, 6.07) is 8.42. The van der Waals surface area contributed by atoms with Gasteiger partial charge in [0.1, 0.15) is 0 Å². The summed E-state index contributed by atoms with van der Waals surface area (Å²) in [6.07, 6.45) is 2.27. The van der Waals surface area contributed by atoms with Crippen LogP contribution in [-0.4, -0.2) is 19.0 Å². The van der Waals surface area contributed by atoms with E-state index in [9.17, 15) is 4.79 Å². The highest BCUT2D eigenvalue weighted by molar-refractivity contribution is 5.80. The van der Waals surface area contributed by atoms with E-state index in [1.165, 1.54) is 11.3 Å². The number of rotatable bonds is 3. The van der Waals surface area contributed by atoms with Crippen molar-refractivity contribution in [1.29, 1.82) is 0 Å².